The Labute approximate surface area is 144 Å². The summed E-state index contributed by atoms with van der Waals surface area (Å²) in [7, 11) is 0. The van der Waals surface area contributed by atoms with E-state index >= 15 is 0 Å². The van der Waals surface area contributed by atoms with E-state index in [4.69, 9.17) is 9.47 Å². The SMILES string of the molecule is C[C@@H]1CC[C@H]2C(=O)[C@H]3O[C@]3(C)CC[C@@H]3O[C@@]3(C)CC[C@]1(C)[C@H]2C=O. The molecule has 4 rings (SSSR count). The molecule has 2 aliphatic heterocycles. The molecule has 0 amide bonds. The van der Waals surface area contributed by atoms with Crippen LogP contribution in [0, 0.1) is 23.2 Å². The maximum absolute atomic E-state index is 13.1. The molecule has 134 valence electrons. The Morgan fingerprint density at radius 1 is 1.00 bits per heavy atom. The smallest absolute Gasteiger partial charge is 0.168 e. The Bertz CT molecular complexity index is 574. The summed E-state index contributed by atoms with van der Waals surface area (Å²) >= 11 is 0. The van der Waals surface area contributed by atoms with E-state index in [0.29, 0.717) is 5.92 Å². The molecule has 4 aliphatic rings. The van der Waals surface area contributed by atoms with Crippen molar-refractivity contribution in [2.24, 2.45) is 23.2 Å². The first-order chi connectivity index (χ1) is 11.2. The summed E-state index contributed by atoms with van der Waals surface area (Å²) in [5.74, 6) is 0.265. The fourth-order valence-electron chi connectivity index (χ4n) is 5.50. The van der Waals surface area contributed by atoms with Crippen LogP contribution >= 0.6 is 0 Å². The Kier molecular flexibility index (Phi) is 3.58. The minimum absolute atomic E-state index is 0.0486. The zero-order chi connectivity index (χ0) is 17.3. The highest BCUT2D eigenvalue weighted by Gasteiger charge is 2.63. The van der Waals surface area contributed by atoms with Gasteiger partial charge in [0.05, 0.1) is 17.3 Å². The van der Waals surface area contributed by atoms with Crippen LogP contribution in [0.1, 0.15) is 66.2 Å². The number of rotatable bonds is 1. The van der Waals surface area contributed by atoms with Crippen LogP contribution in [-0.2, 0) is 19.1 Å². The van der Waals surface area contributed by atoms with Crippen LogP contribution in [0.15, 0.2) is 0 Å². The number of carbonyl (C=O) groups is 2. The van der Waals surface area contributed by atoms with E-state index in [0.717, 1.165) is 44.8 Å². The highest BCUT2D eigenvalue weighted by atomic mass is 16.6. The molecule has 0 radical (unpaired) electrons. The third-order valence-corrected chi connectivity index (χ3v) is 7.98. The number of ether oxygens (including phenoxy) is 2. The molecule has 0 aromatic carbocycles. The van der Waals surface area contributed by atoms with Gasteiger partial charge in [-0.3, -0.25) is 4.79 Å². The van der Waals surface area contributed by atoms with Crippen LogP contribution in [0.5, 0.6) is 0 Å². The topological polar surface area (TPSA) is 59.2 Å². The van der Waals surface area contributed by atoms with Crippen molar-refractivity contribution in [3.63, 3.8) is 0 Å². The summed E-state index contributed by atoms with van der Waals surface area (Å²) in [5, 5.41) is 0. The Hall–Kier alpha value is -0.740. The van der Waals surface area contributed by atoms with E-state index in [1.165, 1.54) is 0 Å². The average molecular weight is 334 g/mol. The molecule has 0 unspecified atom stereocenters. The minimum Gasteiger partial charge on any atom is -0.366 e. The molecule has 4 heteroatoms. The number of fused-ring (bicyclic) bond motifs is 4. The second-order valence-corrected chi connectivity index (χ2v) is 9.42. The molecule has 4 nitrogen and oxygen atoms in total. The zero-order valence-corrected chi connectivity index (χ0v) is 15.3. The molecule has 0 aromatic rings. The van der Waals surface area contributed by atoms with E-state index in [1.807, 2.05) is 6.92 Å². The van der Waals surface area contributed by atoms with Gasteiger partial charge in [-0.25, -0.2) is 0 Å². The van der Waals surface area contributed by atoms with Crippen LogP contribution < -0.4 is 0 Å². The first kappa shape index (κ1) is 16.7. The Balaban J connectivity index is 1.68. The molecular formula is C20H30O4. The monoisotopic (exact) mass is 334 g/mol. The van der Waals surface area contributed by atoms with Gasteiger partial charge in [-0.15, -0.1) is 0 Å². The van der Waals surface area contributed by atoms with Gasteiger partial charge in [0.2, 0.25) is 0 Å². The van der Waals surface area contributed by atoms with Gasteiger partial charge >= 0.3 is 0 Å². The van der Waals surface area contributed by atoms with Crippen LogP contribution in [0.2, 0.25) is 0 Å². The van der Waals surface area contributed by atoms with Gasteiger partial charge in [0.1, 0.15) is 12.4 Å². The molecule has 2 bridgehead atoms. The lowest BCUT2D eigenvalue weighted by Crippen LogP contribution is -2.48. The van der Waals surface area contributed by atoms with Crippen LogP contribution in [-0.4, -0.2) is 35.5 Å². The van der Waals surface area contributed by atoms with Crippen molar-refractivity contribution in [2.45, 2.75) is 89.6 Å². The predicted molar refractivity (Wildman–Crippen MR) is 89.6 cm³/mol. The summed E-state index contributed by atoms with van der Waals surface area (Å²) in [5.41, 5.74) is -0.507. The quantitative estimate of drug-likeness (QED) is 0.545. The Morgan fingerprint density at radius 3 is 2.46 bits per heavy atom. The highest BCUT2D eigenvalue weighted by molar-refractivity contribution is 5.91. The molecule has 2 heterocycles. The fourth-order valence-corrected chi connectivity index (χ4v) is 5.50. The van der Waals surface area contributed by atoms with Gasteiger partial charge in [-0.2, -0.15) is 0 Å². The van der Waals surface area contributed by atoms with Crippen molar-refractivity contribution >= 4 is 12.1 Å². The number of hydrogen-bond donors (Lipinski definition) is 0. The van der Waals surface area contributed by atoms with Gasteiger partial charge < -0.3 is 14.3 Å². The third kappa shape index (κ3) is 2.33. The Morgan fingerprint density at radius 2 is 1.75 bits per heavy atom. The molecule has 2 saturated carbocycles. The number of hydrogen-bond acceptors (Lipinski definition) is 4. The van der Waals surface area contributed by atoms with E-state index < -0.39 is 0 Å². The lowest BCUT2D eigenvalue weighted by Gasteiger charge is -2.48. The predicted octanol–water partition coefficient (Wildman–Crippen LogP) is 3.31. The fraction of sp³-hybridized carbons (Fsp3) is 0.900. The third-order valence-electron chi connectivity index (χ3n) is 7.98. The second-order valence-electron chi connectivity index (χ2n) is 9.42. The van der Waals surface area contributed by atoms with E-state index in [-0.39, 0.29) is 46.4 Å². The van der Waals surface area contributed by atoms with Crippen LogP contribution in [0.3, 0.4) is 0 Å². The molecule has 0 spiro atoms. The van der Waals surface area contributed by atoms with Gasteiger partial charge in [0.15, 0.2) is 5.78 Å². The van der Waals surface area contributed by atoms with E-state index in [9.17, 15) is 9.59 Å². The van der Waals surface area contributed by atoms with Crippen molar-refractivity contribution in [3.8, 4) is 0 Å². The number of epoxide rings is 2. The van der Waals surface area contributed by atoms with Crippen molar-refractivity contribution < 1.29 is 19.1 Å². The molecule has 0 aromatic heterocycles. The molecule has 2 saturated heterocycles. The minimum atomic E-state index is -0.337. The van der Waals surface area contributed by atoms with Crippen molar-refractivity contribution in [1.29, 1.82) is 0 Å². The first-order valence-corrected chi connectivity index (χ1v) is 9.58. The maximum Gasteiger partial charge on any atom is 0.168 e. The van der Waals surface area contributed by atoms with Crippen LogP contribution in [0.25, 0.3) is 0 Å². The molecule has 24 heavy (non-hydrogen) atoms. The number of ketones is 1. The summed E-state index contributed by atoms with van der Waals surface area (Å²) in [6.45, 7) is 8.71. The molecule has 2 aliphatic carbocycles. The van der Waals surface area contributed by atoms with Crippen molar-refractivity contribution in [1.82, 2.24) is 0 Å². The van der Waals surface area contributed by atoms with Crippen molar-refractivity contribution in [3.05, 3.63) is 0 Å². The average Bonchev–Trinajstić information content (AvgIpc) is 3.41. The number of Topliss-reactive ketones (excluding diaryl/α,β-unsaturated/α-hetero) is 1. The first-order valence-electron chi connectivity index (χ1n) is 9.58. The van der Waals surface area contributed by atoms with Gasteiger partial charge in [-0.1, -0.05) is 13.8 Å². The zero-order valence-electron chi connectivity index (χ0n) is 15.3. The lowest BCUT2D eigenvalue weighted by atomic mass is 9.55. The van der Waals surface area contributed by atoms with Gasteiger partial charge in [0.25, 0.3) is 0 Å². The van der Waals surface area contributed by atoms with E-state index in [2.05, 4.69) is 20.8 Å². The number of aldehydes is 1. The largest absolute Gasteiger partial charge is 0.366 e. The summed E-state index contributed by atoms with van der Waals surface area (Å²) in [6.07, 6.45) is 6.64. The number of carbonyl (C=O) groups excluding carboxylic acids is 2. The van der Waals surface area contributed by atoms with E-state index in [1.54, 1.807) is 0 Å². The van der Waals surface area contributed by atoms with Crippen LogP contribution in [0.4, 0.5) is 0 Å². The molecule has 4 fully saturated rings. The summed E-state index contributed by atoms with van der Waals surface area (Å²) in [6, 6.07) is 0. The highest BCUT2D eigenvalue weighted by Crippen LogP contribution is 2.56. The molecule has 8 atom stereocenters. The van der Waals surface area contributed by atoms with Gasteiger partial charge in [0, 0.05) is 11.8 Å². The standard InChI is InChI=1S/C20H30O4/c1-12-5-6-13-14(11-21)18(12,2)9-10-19(3)15(23-19)7-8-20(4)17(24-20)16(13)22/h11-15,17H,5-10H2,1-4H3/t12-,13-,14+,15+,17-,18+,19+,20-/m1/s1. The maximum atomic E-state index is 13.1. The molecule has 0 N–H and O–H groups in total. The lowest BCUT2D eigenvalue weighted by molar-refractivity contribution is -0.138. The van der Waals surface area contributed by atoms with Crippen molar-refractivity contribution in [2.75, 3.05) is 0 Å². The normalized spacial score (nSPS) is 57.0. The van der Waals surface area contributed by atoms with Gasteiger partial charge in [-0.05, 0) is 63.7 Å². The summed E-state index contributed by atoms with van der Waals surface area (Å²) in [4.78, 5) is 25.1. The summed E-state index contributed by atoms with van der Waals surface area (Å²) < 4.78 is 11.9. The second kappa shape index (κ2) is 5.14. The molecular weight excluding hydrogens is 304 g/mol.